The van der Waals surface area contributed by atoms with Crippen molar-refractivity contribution >= 4 is 0 Å². The minimum Gasteiger partial charge on any atom is -0.493 e. The SMILES string of the molecule is CC(N)Cc1ccc(OCC2CC2)c(C(F)(F)F)c1. The molecule has 1 atom stereocenters. The van der Waals surface area contributed by atoms with Gasteiger partial charge < -0.3 is 10.5 Å². The maximum atomic E-state index is 13.0. The first-order valence-corrected chi connectivity index (χ1v) is 6.45. The van der Waals surface area contributed by atoms with E-state index < -0.39 is 11.7 Å². The maximum Gasteiger partial charge on any atom is 0.419 e. The van der Waals surface area contributed by atoms with Crippen LogP contribution in [0.5, 0.6) is 5.75 Å². The Labute approximate surface area is 110 Å². The zero-order valence-electron chi connectivity index (χ0n) is 10.8. The average molecular weight is 273 g/mol. The van der Waals surface area contributed by atoms with Crippen molar-refractivity contribution < 1.29 is 17.9 Å². The van der Waals surface area contributed by atoms with Crippen LogP contribution in [-0.4, -0.2) is 12.6 Å². The Morgan fingerprint density at radius 1 is 1.37 bits per heavy atom. The Bertz CT molecular complexity index is 439. The van der Waals surface area contributed by atoms with Crippen molar-refractivity contribution in [1.29, 1.82) is 0 Å². The molecule has 0 aliphatic heterocycles. The van der Waals surface area contributed by atoms with Crippen molar-refractivity contribution in [1.82, 2.24) is 0 Å². The predicted octanol–water partition coefficient (Wildman–Crippen LogP) is 3.38. The van der Waals surface area contributed by atoms with Crippen LogP contribution >= 0.6 is 0 Å². The van der Waals surface area contributed by atoms with E-state index in [0.717, 1.165) is 18.9 Å². The third kappa shape index (κ3) is 4.13. The van der Waals surface area contributed by atoms with E-state index in [1.54, 1.807) is 13.0 Å². The van der Waals surface area contributed by atoms with Gasteiger partial charge in [0.2, 0.25) is 0 Å². The van der Waals surface area contributed by atoms with E-state index in [1.165, 1.54) is 6.07 Å². The molecule has 2 nitrogen and oxygen atoms in total. The average Bonchev–Trinajstić information content (AvgIpc) is 3.09. The van der Waals surface area contributed by atoms with Crippen LogP contribution in [0.25, 0.3) is 0 Å². The highest BCUT2D eigenvalue weighted by Gasteiger charge is 2.35. The molecule has 19 heavy (non-hydrogen) atoms. The van der Waals surface area contributed by atoms with Gasteiger partial charge in [0.05, 0.1) is 12.2 Å². The van der Waals surface area contributed by atoms with E-state index in [4.69, 9.17) is 10.5 Å². The van der Waals surface area contributed by atoms with Gasteiger partial charge >= 0.3 is 6.18 Å². The fourth-order valence-electron chi connectivity index (χ4n) is 1.92. The highest BCUT2D eigenvalue weighted by Crippen LogP contribution is 2.38. The minimum absolute atomic E-state index is 0.0761. The molecule has 106 valence electrons. The lowest BCUT2D eigenvalue weighted by Gasteiger charge is -2.16. The summed E-state index contributed by atoms with van der Waals surface area (Å²) in [6.45, 7) is 2.14. The molecule has 1 aliphatic carbocycles. The Morgan fingerprint density at radius 3 is 2.58 bits per heavy atom. The second-order valence-electron chi connectivity index (χ2n) is 5.26. The largest absolute Gasteiger partial charge is 0.493 e. The fourth-order valence-corrected chi connectivity index (χ4v) is 1.92. The molecule has 0 aromatic heterocycles. The molecular formula is C14H18F3NO. The van der Waals surface area contributed by atoms with Crippen molar-refractivity contribution in [2.24, 2.45) is 11.7 Å². The van der Waals surface area contributed by atoms with Gasteiger partial charge in [0.1, 0.15) is 5.75 Å². The van der Waals surface area contributed by atoms with Crippen LogP contribution in [-0.2, 0) is 12.6 Å². The Morgan fingerprint density at radius 2 is 2.05 bits per heavy atom. The second-order valence-corrected chi connectivity index (χ2v) is 5.26. The number of alkyl halides is 3. The van der Waals surface area contributed by atoms with Crippen molar-refractivity contribution in [2.75, 3.05) is 6.61 Å². The van der Waals surface area contributed by atoms with Crippen molar-refractivity contribution in [3.8, 4) is 5.75 Å². The molecule has 0 bridgehead atoms. The zero-order valence-corrected chi connectivity index (χ0v) is 10.8. The lowest BCUT2D eigenvalue weighted by molar-refractivity contribution is -0.139. The standard InChI is InChI=1S/C14H18F3NO/c1-9(18)6-11-4-5-13(19-8-10-2-3-10)12(7-11)14(15,16)17/h4-5,7,9-10H,2-3,6,8,18H2,1H3. The molecule has 1 fully saturated rings. The molecule has 0 saturated heterocycles. The van der Waals surface area contributed by atoms with Crippen LogP contribution in [0.15, 0.2) is 18.2 Å². The molecule has 0 radical (unpaired) electrons. The van der Waals surface area contributed by atoms with Crippen LogP contribution < -0.4 is 10.5 Å². The minimum atomic E-state index is -4.40. The number of hydrogen-bond donors (Lipinski definition) is 1. The Hall–Kier alpha value is -1.23. The molecule has 0 spiro atoms. The van der Waals surface area contributed by atoms with Gasteiger partial charge in [-0.3, -0.25) is 0 Å². The number of nitrogens with two attached hydrogens (primary N) is 1. The lowest BCUT2D eigenvalue weighted by atomic mass is 10.0. The Kier molecular flexibility index (Phi) is 4.04. The first kappa shape index (κ1) is 14.2. The van der Waals surface area contributed by atoms with Gasteiger partial charge in [0, 0.05) is 6.04 Å². The molecule has 0 amide bonds. The van der Waals surface area contributed by atoms with Crippen LogP contribution in [0.3, 0.4) is 0 Å². The smallest absolute Gasteiger partial charge is 0.419 e. The number of ether oxygens (including phenoxy) is 1. The molecule has 2 rings (SSSR count). The molecule has 5 heteroatoms. The van der Waals surface area contributed by atoms with Crippen LogP contribution in [0.4, 0.5) is 13.2 Å². The van der Waals surface area contributed by atoms with E-state index in [1.807, 2.05) is 0 Å². The summed E-state index contributed by atoms with van der Waals surface area (Å²) in [5.41, 5.74) is 5.50. The van der Waals surface area contributed by atoms with Gasteiger partial charge in [-0.2, -0.15) is 13.2 Å². The quantitative estimate of drug-likeness (QED) is 0.892. The van der Waals surface area contributed by atoms with Gasteiger partial charge in [-0.05, 0) is 49.8 Å². The van der Waals surface area contributed by atoms with E-state index >= 15 is 0 Å². The highest BCUT2D eigenvalue weighted by atomic mass is 19.4. The molecule has 0 heterocycles. The first-order chi connectivity index (χ1) is 8.86. The summed E-state index contributed by atoms with van der Waals surface area (Å²) in [7, 11) is 0. The number of hydrogen-bond acceptors (Lipinski definition) is 2. The molecular weight excluding hydrogens is 255 g/mol. The monoisotopic (exact) mass is 273 g/mol. The Balaban J connectivity index is 2.20. The van der Waals surface area contributed by atoms with Gasteiger partial charge in [0.15, 0.2) is 0 Å². The third-order valence-corrected chi connectivity index (χ3v) is 3.08. The summed E-state index contributed by atoms with van der Waals surface area (Å²) in [4.78, 5) is 0. The van der Waals surface area contributed by atoms with Crippen molar-refractivity contribution in [3.05, 3.63) is 29.3 Å². The fraction of sp³-hybridized carbons (Fsp3) is 0.571. The summed E-state index contributed by atoms with van der Waals surface area (Å²) in [6, 6.07) is 4.04. The van der Waals surface area contributed by atoms with E-state index in [2.05, 4.69) is 0 Å². The van der Waals surface area contributed by atoms with E-state index in [0.29, 0.717) is 24.5 Å². The summed E-state index contributed by atoms with van der Waals surface area (Å²) >= 11 is 0. The third-order valence-electron chi connectivity index (χ3n) is 3.08. The lowest BCUT2D eigenvalue weighted by Crippen LogP contribution is -2.18. The van der Waals surface area contributed by atoms with Crippen molar-refractivity contribution in [3.63, 3.8) is 0 Å². The van der Waals surface area contributed by atoms with Crippen molar-refractivity contribution in [2.45, 2.75) is 38.4 Å². The molecule has 1 unspecified atom stereocenters. The van der Waals surface area contributed by atoms with E-state index in [-0.39, 0.29) is 11.8 Å². The second kappa shape index (κ2) is 5.41. The normalized spacial score (nSPS) is 17.3. The zero-order chi connectivity index (χ0) is 14.0. The maximum absolute atomic E-state index is 13.0. The number of rotatable bonds is 5. The van der Waals surface area contributed by atoms with Crippen LogP contribution in [0, 0.1) is 5.92 Å². The topological polar surface area (TPSA) is 35.2 Å². The molecule has 2 N–H and O–H groups in total. The predicted molar refractivity (Wildman–Crippen MR) is 67.0 cm³/mol. The van der Waals surface area contributed by atoms with Crippen LogP contribution in [0.1, 0.15) is 30.9 Å². The highest BCUT2D eigenvalue weighted by molar-refractivity contribution is 5.39. The summed E-state index contributed by atoms with van der Waals surface area (Å²) in [5, 5.41) is 0. The summed E-state index contributed by atoms with van der Waals surface area (Å²) < 4.78 is 44.3. The number of halogens is 3. The summed E-state index contributed by atoms with van der Waals surface area (Å²) in [5.74, 6) is 0.345. The van der Waals surface area contributed by atoms with E-state index in [9.17, 15) is 13.2 Å². The first-order valence-electron chi connectivity index (χ1n) is 6.45. The van der Waals surface area contributed by atoms with Gasteiger partial charge in [-0.15, -0.1) is 0 Å². The van der Waals surface area contributed by atoms with Crippen LogP contribution in [0.2, 0.25) is 0 Å². The molecule has 1 aromatic carbocycles. The van der Waals surface area contributed by atoms with Gasteiger partial charge in [-0.1, -0.05) is 6.07 Å². The van der Waals surface area contributed by atoms with Gasteiger partial charge in [0.25, 0.3) is 0 Å². The molecule has 1 aromatic rings. The van der Waals surface area contributed by atoms with Gasteiger partial charge in [-0.25, -0.2) is 0 Å². The molecule has 1 saturated carbocycles. The summed E-state index contributed by atoms with van der Waals surface area (Å²) in [6.07, 6.45) is -1.88. The molecule has 1 aliphatic rings. The number of benzene rings is 1.